The Morgan fingerprint density at radius 2 is 1.52 bits per heavy atom. The van der Waals surface area contributed by atoms with Crippen LogP contribution in [0, 0.1) is 0 Å². The van der Waals surface area contributed by atoms with Crippen molar-refractivity contribution in [3.8, 4) is 0 Å². The molecule has 0 heterocycles. The molecule has 0 spiro atoms. The average molecular weight is 380 g/mol. The van der Waals surface area contributed by atoms with Gasteiger partial charge in [0.2, 0.25) is 0 Å². The van der Waals surface area contributed by atoms with Crippen LogP contribution in [0.1, 0.15) is 73.6 Å². The molecule has 1 N–H and O–H groups in total. The van der Waals surface area contributed by atoms with Crippen molar-refractivity contribution in [2.24, 2.45) is 0 Å². The lowest BCUT2D eigenvalue weighted by atomic mass is 9.99. The minimum atomic E-state index is -0.519. The predicted molar refractivity (Wildman–Crippen MR) is 111 cm³/mol. The zero-order chi connectivity index (χ0) is 20.7. The fraction of sp³-hybridized carbons (Fsp3) is 0.636. The molecule has 0 aromatic carbocycles. The second-order valence-corrected chi connectivity index (χ2v) is 7.01. The molecule has 1 amide bonds. The molecule has 5 nitrogen and oxygen atoms in total. The molecular weight excluding hydrogens is 342 g/mol. The van der Waals surface area contributed by atoms with E-state index in [-0.39, 0.29) is 25.5 Å². The molecule has 5 heteroatoms. The zero-order valence-corrected chi connectivity index (χ0v) is 17.9. The maximum absolute atomic E-state index is 11.5. The summed E-state index contributed by atoms with van der Waals surface area (Å²) in [6.45, 7) is 13.2. The summed E-state index contributed by atoms with van der Waals surface area (Å²) in [6, 6.07) is 0. The van der Waals surface area contributed by atoms with Crippen molar-refractivity contribution in [1.29, 1.82) is 0 Å². The predicted octanol–water partition coefficient (Wildman–Crippen LogP) is 5.48. The van der Waals surface area contributed by atoms with E-state index in [4.69, 9.17) is 9.47 Å². The van der Waals surface area contributed by atoms with E-state index in [1.807, 2.05) is 13.0 Å². The lowest BCUT2D eigenvalue weighted by Crippen LogP contribution is -2.27. The van der Waals surface area contributed by atoms with Crippen LogP contribution in [0.5, 0.6) is 0 Å². The first-order chi connectivity index (χ1) is 12.8. The molecule has 0 unspecified atom stereocenters. The molecule has 0 saturated carbocycles. The van der Waals surface area contributed by atoms with E-state index in [9.17, 15) is 9.59 Å². The smallest absolute Gasteiger partial charge is 0.407 e. The molecule has 0 aliphatic heterocycles. The third-order valence-electron chi connectivity index (χ3n) is 4.24. The quantitative estimate of drug-likeness (QED) is 0.360. The summed E-state index contributed by atoms with van der Waals surface area (Å²) < 4.78 is 9.87. The zero-order valence-electron chi connectivity index (χ0n) is 17.9. The van der Waals surface area contributed by atoms with E-state index >= 15 is 0 Å². The summed E-state index contributed by atoms with van der Waals surface area (Å²) >= 11 is 0. The molecule has 0 bridgehead atoms. The van der Waals surface area contributed by atoms with Crippen LogP contribution < -0.4 is 5.32 Å². The van der Waals surface area contributed by atoms with Crippen LogP contribution in [0.2, 0.25) is 0 Å². The summed E-state index contributed by atoms with van der Waals surface area (Å²) in [4.78, 5) is 22.7. The Balaban J connectivity index is 4.06. The Morgan fingerprint density at radius 3 is 2.15 bits per heavy atom. The van der Waals surface area contributed by atoms with Gasteiger partial charge in [-0.05, 0) is 73.3 Å². The van der Waals surface area contributed by atoms with Gasteiger partial charge >= 0.3 is 12.1 Å². The summed E-state index contributed by atoms with van der Waals surface area (Å²) in [6.07, 6.45) is 8.02. The maximum Gasteiger partial charge on any atom is 0.407 e. The number of ether oxygens (including phenoxy) is 2. The lowest BCUT2D eigenvalue weighted by Gasteiger charge is -2.08. The van der Waals surface area contributed by atoms with Crippen molar-refractivity contribution in [1.82, 2.24) is 5.32 Å². The number of hydrogen-bond donors (Lipinski definition) is 1. The van der Waals surface area contributed by atoms with Gasteiger partial charge in [-0.1, -0.05) is 28.4 Å². The van der Waals surface area contributed by atoms with Gasteiger partial charge in [-0.2, -0.15) is 0 Å². The highest BCUT2D eigenvalue weighted by Gasteiger charge is 2.04. The van der Waals surface area contributed by atoms with Crippen molar-refractivity contribution < 1.29 is 19.1 Å². The highest BCUT2D eigenvalue weighted by Crippen LogP contribution is 2.18. The topological polar surface area (TPSA) is 64.6 Å². The van der Waals surface area contributed by atoms with Gasteiger partial charge in [0, 0.05) is 6.54 Å². The number of amides is 1. The normalized spacial score (nSPS) is 12.1. The number of alkyl carbamates (subject to hydrolysis) is 1. The highest BCUT2D eigenvalue weighted by atomic mass is 16.5. The monoisotopic (exact) mass is 379 g/mol. The summed E-state index contributed by atoms with van der Waals surface area (Å²) in [7, 11) is 0. The average Bonchev–Trinajstić information content (AvgIpc) is 2.59. The minimum Gasteiger partial charge on any atom is -0.466 e. The standard InChI is InChI=1S/C22H37NO4/c1-7-26-21(24)13-15-23-22(25)27-16-14-18(4)11-12-20(6)19(5)10-8-9-17(2)3/h9,14H,7-8,10-13,15-16H2,1-6H3,(H,23,25). The SMILES string of the molecule is CCOC(=O)CCNC(=O)OCC=C(C)CCC(C)=C(C)CCC=C(C)C. The second kappa shape index (κ2) is 15.1. The summed E-state index contributed by atoms with van der Waals surface area (Å²) in [5.41, 5.74) is 5.45. The fourth-order valence-electron chi connectivity index (χ4n) is 2.30. The van der Waals surface area contributed by atoms with Crippen LogP contribution in [-0.2, 0) is 14.3 Å². The summed E-state index contributed by atoms with van der Waals surface area (Å²) in [5, 5.41) is 2.53. The maximum atomic E-state index is 11.5. The molecular formula is C22H37NO4. The van der Waals surface area contributed by atoms with Crippen LogP contribution in [0.4, 0.5) is 4.79 Å². The van der Waals surface area contributed by atoms with E-state index in [2.05, 4.69) is 39.1 Å². The molecule has 0 aromatic rings. The second-order valence-electron chi connectivity index (χ2n) is 7.01. The molecule has 0 saturated heterocycles. The van der Waals surface area contributed by atoms with Crippen molar-refractivity contribution in [2.75, 3.05) is 19.8 Å². The van der Waals surface area contributed by atoms with Crippen molar-refractivity contribution in [3.05, 3.63) is 34.4 Å². The van der Waals surface area contributed by atoms with Gasteiger partial charge in [0.15, 0.2) is 0 Å². The van der Waals surface area contributed by atoms with E-state index in [1.54, 1.807) is 6.92 Å². The first-order valence-corrected chi connectivity index (χ1v) is 9.76. The Labute approximate surface area is 164 Å². The summed E-state index contributed by atoms with van der Waals surface area (Å²) in [5.74, 6) is -0.326. The lowest BCUT2D eigenvalue weighted by molar-refractivity contribution is -0.142. The molecule has 0 fully saturated rings. The molecule has 154 valence electrons. The Bertz CT molecular complexity index is 555. The minimum absolute atomic E-state index is 0.149. The van der Waals surface area contributed by atoms with Gasteiger partial charge in [0.25, 0.3) is 0 Å². The number of rotatable bonds is 12. The number of hydrogen-bond acceptors (Lipinski definition) is 4. The molecule has 0 rings (SSSR count). The van der Waals surface area contributed by atoms with Crippen LogP contribution in [0.25, 0.3) is 0 Å². The Hall–Kier alpha value is -2.04. The van der Waals surface area contributed by atoms with Gasteiger partial charge < -0.3 is 14.8 Å². The largest absolute Gasteiger partial charge is 0.466 e. The Morgan fingerprint density at radius 1 is 0.852 bits per heavy atom. The highest BCUT2D eigenvalue weighted by molar-refractivity contribution is 5.71. The molecule has 0 atom stereocenters. The number of carbonyl (C=O) groups is 2. The first kappa shape index (κ1) is 25.0. The number of esters is 1. The third-order valence-corrected chi connectivity index (χ3v) is 4.24. The fourth-order valence-corrected chi connectivity index (χ4v) is 2.30. The first-order valence-electron chi connectivity index (χ1n) is 9.76. The molecule has 0 aliphatic rings. The number of nitrogens with one attached hydrogen (secondary N) is 1. The van der Waals surface area contributed by atoms with Gasteiger partial charge in [-0.3, -0.25) is 4.79 Å². The molecule has 0 radical (unpaired) electrons. The van der Waals surface area contributed by atoms with Crippen LogP contribution >= 0.6 is 0 Å². The van der Waals surface area contributed by atoms with Crippen LogP contribution in [0.15, 0.2) is 34.4 Å². The van der Waals surface area contributed by atoms with Crippen LogP contribution in [0.3, 0.4) is 0 Å². The van der Waals surface area contributed by atoms with Crippen molar-refractivity contribution >= 4 is 12.1 Å². The van der Waals surface area contributed by atoms with Crippen LogP contribution in [-0.4, -0.2) is 31.8 Å². The van der Waals surface area contributed by atoms with E-state index in [0.29, 0.717) is 6.61 Å². The van der Waals surface area contributed by atoms with Crippen molar-refractivity contribution in [2.45, 2.75) is 73.6 Å². The Kier molecular flexibility index (Phi) is 13.9. The molecule has 0 aliphatic carbocycles. The van der Waals surface area contributed by atoms with E-state index < -0.39 is 6.09 Å². The van der Waals surface area contributed by atoms with E-state index in [0.717, 1.165) is 25.7 Å². The van der Waals surface area contributed by atoms with Gasteiger partial charge in [-0.25, -0.2) is 4.79 Å². The molecule has 27 heavy (non-hydrogen) atoms. The van der Waals surface area contributed by atoms with Crippen molar-refractivity contribution in [3.63, 3.8) is 0 Å². The van der Waals surface area contributed by atoms with Gasteiger partial charge in [0.05, 0.1) is 13.0 Å². The van der Waals surface area contributed by atoms with Gasteiger partial charge in [0.1, 0.15) is 6.61 Å². The number of carbonyl (C=O) groups excluding carboxylic acids is 2. The van der Waals surface area contributed by atoms with Gasteiger partial charge in [-0.15, -0.1) is 0 Å². The van der Waals surface area contributed by atoms with E-state index in [1.165, 1.54) is 22.3 Å². The molecule has 0 aromatic heterocycles. The third kappa shape index (κ3) is 14.8. The number of allylic oxidation sites excluding steroid dienone is 5.